The van der Waals surface area contributed by atoms with Gasteiger partial charge in [0.05, 0.1) is 23.0 Å². The van der Waals surface area contributed by atoms with Gasteiger partial charge in [-0.15, -0.1) is 0 Å². The first-order chi connectivity index (χ1) is 12.5. The van der Waals surface area contributed by atoms with Gasteiger partial charge >= 0.3 is 0 Å². The first kappa shape index (κ1) is 15.9. The van der Waals surface area contributed by atoms with Gasteiger partial charge in [-0.3, -0.25) is 14.5 Å². The number of carbonyl (C=O) groups excluding carboxylic acids is 1. The predicted molar refractivity (Wildman–Crippen MR) is 95.2 cm³/mol. The van der Waals surface area contributed by atoms with E-state index in [1.165, 1.54) is 6.20 Å². The van der Waals surface area contributed by atoms with Gasteiger partial charge in [0, 0.05) is 48.3 Å². The molecule has 0 unspecified atom stereocenters. The Balaban J connectivity index is 1.66. The number of nitrogens with one attached hydrogen (secondary N) is 2. The number of carbonyl (C=O) groups is 1. The summed E-state index contributed by atoms with van der Waals surface area (Å²) in [6.45, 7) is 1.62. The maximum absolute atomic E-state index is 14.3. The Bertz CT molecular complexity index is 1130. The van der Waals surface area contributed by atoms with Crippen LogP contribution in [0.3, 0.4) is 0 Å². The summed E-state index contributed by atoms with van der Waals surface area (Å²) in [5.74, 6) is -0.268. The molecule has 0 saturated carbocycles. The first-order valence-electron chi connectivity index (χ1n) is 7.91. The number of hydrogen-bond acceptors (Lipinski definition) is 4. The summed E-state index contributed by atoms with van der Waals surface area (Å²) in [6, 6.07) is 5.14. The quantitative estimate of drug-likeness (QED) is 0.594. The third-order valence-electron chi connectivity index (χ3n) is 4.07. The summed E-state index contributed by atoms with van der Waals surface area (Å²) in [4.78, 5) is 23.5. The van der Waals surface area contributed by atoms with Crippen LogP contribution in [0.5, 0.6) is 0 Å². The molecule has 4 rings (SSSR count). The van der Waals surface area contributed by atoms with Crippen LogP contribution < -0.4 is 5.32 Å². The molecule has 8 heteroatoms. The second-order valence-corrected chi connectivity index (χ2v) is 5.95. The van der Waals surface area contributed by atoms with Gasteiger partial charge in [0.2, 0.25) is 0 Å². The van der Waals surface area contributed by atoms with Gasteiger partial charge in [-0.25, -0.2) is 9.37 Å². The minimum Gasteiger partial charge on any atom is -0.354 e. The maximum atomic E-state index is 14.3. The van der Waals surface area contributed by atoms with Crippen LogP contribution >= 0.6 is 0 Å². The third kappa shape index (κ3) is 2.81. The summed E-state index contributed by atoms with van der Waals surface area (Å²) >= 11 is 0. The number of pyridine rings is 2. The molecule has 2 N–H and O–H groups in total. The number of rotatable bonds is 3. The number of anilines is 1. The fourth-order valence-corrected chi connectivity index (χ4v) is 2.72. The maximum Gasteiger partial charge on any atom is 0.260 e. The molecule has 0 aliphatic rings. The van der Waals surface area contributed by atoms with Crippen LogP contribution in [0.1, 0.15) is 16.1 Å². The van der Waals surface area contributed by atoms with Gasteiger partial charge in [-0.05, 0) is 19.1 Å². The molecule has 0 radical (unpaired) electrons. The van der Waals surface area contributed by atoms with Gasteiger partial charge in [-0.1, -0.05) is 0 Å². The molecule has 4 aromatic heterocycles. The standard InChI is InChI=1S/C18H15FN6O/c1-10-17(19)13(3-4-20-10)15-5-11-7-21-16(6-14(11)23-15)24-18(26)12-8-22-25(2)9-12/h3-9,23H,1-2H3,(H,21,24,26). The van der Waals surface area contributed by atoms with Crippen molar-refractivity contribution in [3.8, 4) is 11.3 Å². The van der Waals surface area contributed by atoms with E-state index in [1.54, 1.807) is 49.4 Å². The Hall–Kier alpha value is -3.55. The predicted octanol–water partition coefficient (Wildman–Crippen LogP) is 3.06. The van der Waals surface area contributed by atoms with Crippen molar-refractivity contribution in [2.45, 2.75) is 6.92 Å². The number of halogens is 1. The average Bonchev–Trinajstić information content (AvgIpc) is 3.23. The molecule has 0 aliphatic carbocycles. The van der Waals surface area contributed by atoms with Gasteiger partial charge in [0.25, 0.3) is 5.91 Å². The van der Waals surface area contributed by atoms with Crippen LogP contribution in [0.25, 0.3) is 22.2 Å². The minimum absolute atomic E-state index is 0.299. The molecule has 130 valence electrons. The molecule has 0 saturated heterocycles. The van der Waals surface area contributed by atoms with Gasteiger partial charge in [-0.2, -0.15) is 5.10 Å². The zero-order valence-corrected chi connectivity index (χ0v) is 14.1. The monoisotopic (exact) mass is 350 g/mol. The molecule has 0 atom stereocenters. The number of amides is 1. The summed E-state index contributed by atoms with van der Waals surface area (Å²) < 4.78 is 15.8. The lowest BCUT2D eigenvalue weighted by molar-refractivity contribution is 0.102. The second-order valence-electron chi connectivity index (χ2n) is 5.95. The van der Waals surface area contributed by atoms with Crippen molar-refractivity contribution in [1.29, 1.82) is 0 Å². The van der Waals surface area contributed by atoms with Crippen molar-refractivity contribution in [2.24, 2.45) is 7.05 Å². The Morgan fingerprint density at radius 3 is 2.88 bits per heavy atom. The molecule has 7 nitrogen and oxygen atoms in total. The second kappa shape index (κ2) is 6.07. The number of hydrogen-bond donors (Lipinski definition) is 2. The zero-order chi connectivity index (χ0) is 18.3. The van der Waals surface area contributed by atoms with Crippen LogP contribution in [0.2, 0.25) is 0 Å². The van der Waals surface area contributed by atoms with E-state index < -0.39 is 0 Å². The van der Waals surface area contributed by atoms with Crippen LogP contribution in [-0.2, 0) is 7.05 Å². The molecule has 4 heterocycles. The lowest BCUT2D eigenvalue weighted by atomic mass is 10.1. The minimum atomic E-state index is -0.364. The molecule has 0 aromatic carbocycles. The van der Waals surface area contributed by atoms with E-state index in [-0.39, 0.29) is 11.7 Å². The largest absolute Gasteiger partial charge is 0.354 e. The average molecular weight is 350 g/mol. The van der Waals surface area contributed by atoms with E-state index >= 15 is 0 Å². The molecule has 4 aromatic rings. The van der Waals surface area contributed by atoms with Crippen molar-refractivity contribution in [1.82, 2.24) is 24.7 Å². The van der Waals surface area contributed by atoms with Crippen molar-refractivity contribution in [3.05, 3.63) is 60.1 Å². The summed E-state index contributed by atoms with van der Waals surface area (Å²) in [7, 11) is 1.74. The van der Waals surface area contributed by atoms with Gasteiger partial charge < -0.3 is 10.3 Å². The fourth-order valence-electron chi connectivity index (χ4n) is 2.72. The van der Waals surface area contributed by atoms with Crippen molar-refractivity contribution < 1.29 is 9.18 Å². The zero-order valence-electron chi connectivity index (χ0n) is 14.1. The van der Waals surface area contributed by atoms with Gasteiger partial charge in [0.15, 0.2) is 5.82 Å². The summed E-state index contributed by atoms with van der Waals surface area (Å²) in [6.07, 6.45) is 6.29. The fraction of sp³-hybridized carbons (Fsp3) is 0.111. The summed E-state index contributed by atoms with van der Waals surface area (Å²) in [5, 5.41) is 7.51. The van der Waals surface area contributed by atoms with Crippen LogP contribution in [0, 0.1) is 12.7 Å². The van der Waals surface area contributed by atoms with E-state index in [0.717, 1.165) is 10.9 Å². The molecule has 0 bridgehead atoms. The molecule has 0 fully saturated rings. The summed E-state index contributed by atoms with van der Waals surface area (Å²) in [5.41, 5.74) is 2.58. The molecule has 1 amide bonds. The molecule has 0 aliphatic heterocycles. The molecular weight excluding hydrogens is 335 g/mol. The van der Waals surface area contributed by atoms with Crippen molar-refractivity contribution in [3.63, 3.8) is 0 Å². The van der Waals surface area contributed by atoms with Crippen molar-refractivity contribution >= 4 is 22.6 Å². The Kier molecular flexibility index (Phi) is 3.72. The highest BCUT2D eigenvalue weighted by Gasteiger charge is 2.13. The molecule has 0 spiro atoms. The molecule has 26 heavy (non-hydrogen) atoms. The Morgan fingerprint density at radius 2 is 2.12 bits per heavy atom. The lowest BCUT2D eigenvalue weighted by Crippen LogP contribution is -2.12. The van der Waals surface area contributed by atoms with Crippen LogP contribution in [0.4, 0.5) is 10.2 Å². The number of H-pyrrole nitrogens is 1. The highest BCUT2D eigenvalue weighted by Crippen LogP contribution is 2.27. The SMILES string of the molecule is Cc1nccc(-c2cc3cnc(NC(=O)c4cnn(C)c4)cc3[nH]2)c1F. The number of aromatic nitrogens is 5. The number of aryl methyl sites for hydroxylation is 2. The van der Waals surface area contributed by atoms with E-state index in [2.05, 4.69) is 25.4 Å². The highest BCUT2D eigenvalue weighted by atomic mass is 19.1. The number of aromatic amines is 1. The lowest BCUT2D eigenvalue weighted by Gasteiger charge is -2.02. The molecular formula is C18H15FN6O. The van der Waals surface area contributed by atoms with Crippen LogP contribution in [-0.4, -0.2) is 30.6 Å². The van der Waals surface area contributed by atoms with E-state index in [4.69, 9.17) is 0 Å². The smallest absolute Gasteiger partial charge is 0.260 e. The Labute approximate surface area is 147 Å². The normalized spacial score (nSPS) is 11.0. The third-order valence-corrected chi connectivity index (χ3v) is 4.07. The number of fused-ring (bicyclic) bond motifs is 1. The van der Waals surface area contributed by atoms with E-state index in [0.29, 0.717) is 28.3 Å². The van der Waals surface area contributed by atoms with Crippen LogP contribution in [0.15, 0.2) is 43.0 Å². The Morgan fingerprint density at radius 1 is 1.27 bits per heavy atom. The van der Waals surface area contributed by atoms with Gasteiger partial charge in [0.1, 0.15) is 5.82 Å². The number of nitrogens with zero attached hydrogens (tertiary/aromatic N) is 4. The van der Waals surface area contributed by atoms with E-state index in [1.807, 2.05) is 6.07 Å². The topological polar surface area (TPSA) is 88.5 Å². The van der Waals surface area contributed by atoms with Crippen molar-refractivity contribution in [2.75, 3.05) is 5.32 Å². The first-order valence-corrected chi connectivity index (χ1v) is 7.91. The highest BCUT2D eigenvalue weighted by molar-refractivity contribution is 6.04. The van der Waals surface area contributed by atoms with E-state index in [9.17, 15) is 9.18 Å².